The number of rotatable bonds is 4. The predicted molar refractivity (Wildman–Crippen MR) is 94.2 cm³/mol. The summed E-state index contributed by atoms with van der Waals surface area (Å²) in [6.07, 6.45) is 3.88. The predicted octanol–water partition coefficient (Wildman–Crippen LogP) is 2.43. The molecule has 0 unspecified atom stereocenters. The van der Waals surface area contributed by atoms with E-state index < -0.39 is 10.0 Å². The van der Waals surface area contributed by atoms with Gasteiger partial charge in [-0.2, -0.15) is 4.31 Å². The molecule has 128 valence electrons. The van der Waals surface area contributed by atoms with Crippen LogP contribution in [-0.2, 0) is 16.6 Å². The number of hydrogen-bond acceptors (Lipinski definition) is 5. The van der Waals surface area contributed by atoms with Crippen LogP contribution in [-0.4, -0.2) is 48.3 Å². The van der Waals surface area contributed by atoms with Crippen LogP contribution in [0.5, 0.6) is 0 Å². The Bertz CT molecular complexity index is 777. The van der Waals surface area contributed by atoms with Crippen LogP contribution in [0.1, 0.15) is 18.5 Å². The molecule has 7 heteroatoms. The molecule has 0 radical (unpaired) electrons. The van der Waals surface area contributed by atoms with E-state index in [1.807, 2.05) is 29.8 Å². The van der Waals surface area contributed by atoms with Gasteiger partial charge in [-0.25, -0.2) is 8.42 Å². The fraction of sp³-hybridized carbons (Fsp3) is 0.471. The molecule has 3 aliphatic rings. The van der Waals surface area contributed by atoms with Crippen molar-refractivity contribution in [1.29, 1.82) is 0 Å². The van der Waals surface area contributed by atoms with Crippen molar-refractivity contribution in [1.82, 2.24) is 14.2 Å². The lowest BCUT2D eigenvalue weighted by Gasteiger charge is -2.34. The molecule has 2 atom stereocenters. The summed E-state index contributed by atoms with van der Waals surface area (Å²) in [7, 11) is -3.36. The fourth-order valence-corrected chi connectivity index (χ4v) is 6.65. The Morgan fingerprint density at radius 3 is 2.79 bits per heavy atom. The minimum absolute atomic E-state index is 0.0690. The summed E-state index contributed by atoms with van der Waals surface area (Å²) < 4.78 is 28.1. The zero-order valence-corrected chi connectivity index (χ0v) is 15.0. The van der Waals surface area contributed by atoms with Gasteiger partial charge in [0, 0.05) is 38.4 Å². The van der Waals surface area contributed by atoms with Gasteiger partial charge in [-0.05, 0) is 42.3 Å². The van der Waals surface area contributed by atoms with Crippen molar-refractivity contribution in [3.63, 3.8) is 0 Å². The molecule has 5 rings (SSSR count). The first-order chi connectivity index (χ1) is 11.6. The lowest BCUT2D eigenvalue weighted by molar-refractivity contribution is 0.226. The van der Waals surface area contributed by atoms with Crippen molar-refractivity contribution < 1.29 is 8.42 Å². The summed E-state index contributed by atoms with van der Waals surface area (Å²) in [5.41, 5.74) is 1.05. The maximum Gasteiger partial charge on any atom is 0.252 e. The second kappa shape index (κ2) is 6.55. The van der Waals surface area contributed by atoms with E-state index in [9.17, 15) is 8.42 Å². The molecule has 2 aromatic heterocycles. The van der Waals surface area contributed by atoms with Crippen LogP contribution in [0.4, 0.5) is 0 Å². The lowest BCUT2D eigenvalue weighted by Crippen LogP contribution is -2.47. The van der Waals surface area contributed by atoms with Crippen molar-refractivity contribution >= 4 is 21.4 Å². The third kappa shape index (κ3) is 3.13. The van der Waals surface area contributed by atoms with Gasteiger partial charge >= 0.3 is 0 Å². The van der Waals surface area contributed by atoms with Gasteiger partial charge in [0.25, 0.3) is 10.0 Å². The highest BCUT2D eigenvalue weighted by atomic mass is 32.2. The molecule has 3 saturated heterocycles. The average molecular weight is 364 g/mol. The van der Waals surface area contributed by atoms with Crippen LogP contribution in [0.25, 0.3) is 0 Å². The number of piperidine rings is 1. The maximum atomic E-state index is 13.0. The quantitative estimate of drug-likeness (QED) is 0.837. The molecule has 2 aromatic rings. The van der Waals surface area contributed by atoms with Crippen LogP contribution in [0.2, 0.25) is 0 Å². The summed E-state index contributed by atoms with van der Waals surface area (Å²) in [5, 5.41) is 1.83. The molecular weight excluding hydrogens is 342 g/mol. The normalized spacial score (nSPS) is 25.7. The van der Waals surface area contributed by atoms with Gasteiger partial charge in [0.1, 0.15) is 4.21 Å². The van der Waals surface area contributed by atoms with Gasteiger partial charge in [-0.15, -0.1) is 11.3 Å². The van der Waals surface area contributed by atoms with Crippen LogP contribution < -0.4 is 0 Å². The molecular formula is C17H21N3O2S2. The molecule has 0 aliphatic carbocycles. The van der Waals surface area contributed by atoms with Gasteiger partial charge in [0.05, 0.1) is 5.69 Å². The summed E-state index contributed by atoms with van der Waals surface area (Å²) in [5.74, 6) is 0.405. The Hall–Kier alpha value is -1.28. The van der Waals surface area contributed by atoms with Gasteiger partial charge in [0.15, 0.2) is 0 Å². The number of pyridine rings is 1. The third-order valence-electron chi connectivity index (χ3n) is 4.91. The van der Waals surface area contributed by atoms with E-state index in [1.165, 1.54) is 11.3 Å². The molecule has 0 N–H and O–H groups in total. The summed E-state index contributed by atoms with van der Waals surface area (Å²) in [4.78, 5) is 6.78. The zero-order valence-electron chi connectivity index (χ0n) is 13.4. The molecule has 0 aromatic carbocycles. The van der Waals surface area contributed by atoms with Gasteiger partial charge in [0.2, 0.25) is 0 Å². The highest BCUT2D eigenvalue weighted by Crippen LogP contribution is 2.33. The number of thiophene rings is 1. The Labute approximate surface area is 147 Å². The number of hydrogen-bond donors (Lipinski definition) is 0. The van der Waals surface area contributed by atoms with Crippen molar-refractivity contribution in [3.8, 4) is 0 Å². The highest BCUT2D eigenvalue weighted by Gasteiger charge is 2.41. The standard InChI is InChI=1S/C17H21N3O2S2/c21-24(22,17-5-3-9-23-17)20-11-14-6-7-16(20)13-19(10-14)12-15-4-1-2-8-18-15/h1-5,8-9,14,16H,6-7,10-13H2/t14-,16+/m1/s1. The molecule has 0 amide bonds. The molecule has 24 heavy (non-hydrogen) atoms. The van der Waals surface area contributed by atoms with Crippen molar-refractivity contribution in [2.75, 3.05) is 19.6 Å². The number of nitrogens with zero attached hydrogens (tertiary/aromatic N) is 3. The van der Waals surface area contributed by atoms with E-state index in [1.54, 1.807) is 16.4 Å². The minimum atomic E-state index is -3.36. The monoisotopic (exact) mass is 363 g/mol. The summed E-state index contributed by atoms with van der Waals surface area (Å²) in [6.45, 7) is 3.17. The topological polar surface area (TPSA) is 53.5 Å². The summed E-state index contributed by atoms with van der Waals surface area (Å²) >= 11 is 1.31. The van der Waals surface area contributed by atoms with Crippen LogP contribution in [0.15, 0.2) is 46.1 Å². The SMILES string of the molecule is O=S(=O)(c1cccs1)N1C[C@@H]2CC[C@H]1CN(Cc1ccccn1)C2. The Morgan fingerprint density at radius 1 is 1.12 bits per heavy atom. The van der Waals surface area contributed by atoms with Crippen LogP contribution in [0.3, 0.4) is 0 Å². The van der Waals surface area contributed by atoms with E-state index in [-0.39, 0.29) is 6.04 Å². The summed E-state index contributed by atoms with van der Waals surface area (Å²) in [6, 6.07) is 9.55. The van der Waals surface area contributed by atoms with E-state index in [0.29, 0.717) is 16.7 Å². The lowest BCUT2D eigenvalue weighted by atomic mass is 9.97. The van der Waals surface area contributed by atoms with Crippen molar-refractivity contribution in [3.05, 3.63) is 47.6 Å². The first kappa shape index (κ1) is 16.2. The Balaban J connectivity index is 1.55. The molecule has 5 heterocycles. The zero-order chi connectivity index (χ0) is 16.6. The van der Waals surface area contributed by atoms with Crippen LogP contribution in [0, 0.1) is 5.92 Å². The van der Waals surface area contributed by atoms with Crippen molar-refractivity contribution in [2.24, 2.45) is 5.92 Å². The largest absolute Gasteiger partial charge is 0.296 e. The van der Waals surface area contributed by atoms with Crippen molar-refractivity contribution in [2.45, 2.75) is 29.6 Å². The van der Waals surface area contributed by atoms with E-state index >= 15 is 0 Å². The fourth-order valence-electron chi connectivity index (χ4n) is 3.81. The first-order valence-electron chi connectivity index (χ1n) is 8.30. The molecule has 5 nitrogen and oxygen atoms in total. The average Bonchev–Trinajstić information content (AvgIpc) is 3.00. The van der Waals surface area contributed by atoms with Gasteiger partial charge < -0.3 is 0 Å². The number of sulfonamides is 1. The Morgan fingerprint density at radius 2 is 2.04 bits per heavy atom. The molecule has 0 saturated carbocycles. The molecule has 3 aliphatic heterocycles. The molecule has 3 fully saturated rings. The maximum absolute atomic E-state index is 13.0. The third-order valence-corrected chi connectivity index (χ3v) is 8.20. The van der Waals surface area contributed by atoms with Gasteiger partial charge in [-0.3, -0.25) is 9.88 Å². The highest BCUT2D eigenvalue weighted by molar-refractivity contribution is 7.91. The van der Waals surface area contributed by atoms with Gasteiger partial charge in [-0.1, -0.05) is 12.1 Å². The molecule has 2 bridgehead atoms. The van der Waals surface area contributed by atoms with E-state index in [4.69, 9.17) is 0 Å². The van der Waals surface area contributed by atoms with Crippen LogP contribution >= 0.6 is 11.3 Å². The second-order valence-electron chi connectivity index (χ2n) is 6.62. The minimum Gasteiger partial charge on any atom is -0.296 e. The molecule has 0 spiro atoms. The van der Waals surface area contributed by atoms with E-state index in [2.05, 4.69) is 9.88 Å². The first-order valence-corrected chi connectivity index (χ1v) is 10.6. The second-order valence-corrected chi connectivity index (χ2v) is 9.68. The Kier molecular flexibility index (Phi) is 4.42. The number of fused-ring (bicyclic) bond motifs is 4. The smallest absolute Gasteiger partial charge is 0.252 e. The van der Waals surface area contributed by atoms with E-state index in [0.717, 1.165) is 38.2 Å². The number of aromatic nitrogens is 1.